The number of nitrogens with zero attached hydrogens (tertiary/aromatic N) is 4. The van der Waals surface area contributed by atoms with Crippen LogP contribution in [0.4, 0.5) is 19.0 Å². The van der Waals surface area contributed by atoms with Crippen molar-refractivity contribution in [2.24, 2.45) is 0 Å². The molecule has 2 aromatic carbocycles. The Hall–Kier alpha value is -3.80. The molecule has 186 valence electrons. The van der Waals surface area contributed by atoms with E-state index in [-0.39, 0.29) is 24.2 Å². The Bertz CT molecular complexity index is 1130. The van der Waals surface area contributed by atoms with Crippen LogP contribution in [0.15, 0.2) is 60.8 Å². The third kappa shape index (κ3) is 6.63. The second-order valence-electron chi connectivity index (χ2n) is 8.38. The number of imidazole rings is 1. The van der Waals surface area contributed by atoms with Crippen molar-refractivity contribution >= 4 is 5.82 Å². The molecule has 2 heterocycles. The average molecular weight is 492 g/mol. The highest BCUT2D eigenvalue weighted by atomic mass is 19.4. The molecule has 35 heavy (non-hydrogen) atoms. The van der Waals surface area contributed by atoms with Gasteiger partial charge in [0.1, 0.15) is 29.9 Å². The lowest BCUT2D eigenvalue weighted by Gasteiger charge is -2.31. The number of halogens is 3. The van der Waals surface area contributed by atoms with Gasteiger partial charge in [-0.2, -0.15) is 0 Å². The molecule has 4 rings (SSSR count). The van der Waals surface area contributed by atoms with Crippen molar-refractivity contribution in [3.63, 3.8) is 0 Å². The Labute approximate surface area is 198 Å². The quantitative estimate of drug-likeness (QED) is 0.306. The summed E-state index contributed by atoms with van der Waals surface area (Å²) >= 11 is 0. The van der Waals surface area contributed by atoms with Crippen molar-refractivity contribution < 1.29 is 32.3 Å². The van der Waals surface area contributed by atoms with Crippen LogP contribution >= 0.6 is 0 Å². The van der Waals surface area contributed by atoms with Crippen molar-refractivity contribution in [2.45, 2.75) is 32.0 Å². The fraction of sp³-hybridized carbons (Fsp3) is 0.348. The molecule has 3 aromatic rings. The first-order valence-electron chi connectivity index (χ1n) is 10.7. The largest absolute Gasteiger partial charge is 0.573 e. The number of hydrogen-bond acceptors (Lipinski definition) is 7. The fourth-order valence-electron chi connectivity index (χ4n) is 3.92. The Morgan fingerprint density at radius 2 is 1.86 bits per heavy atom. The summed E-state index contributed by atoms with van der Waals surface area (Å²) in [5.41, 5.74) is 0.416. The van der Waals surface area contributed by atoms with Crippen LogP contribution < -0.4 is 14.2 Å². The fourth-order valence-corrected chi connectivity index (χ4v) is 3.92. The topological polar surface area (TPSA) is 91.9 Å². The maximum atomic E-state index is 12.3. The highest BCUT2D eigenvalue weighted by molar-refractivity contribution is 5.31. The molecule has 12 heteroatoms. The lowest BCUT2D eigenvalue weighted by Crippen LogP contribution is -2.45. The molecule has 1 aromatic heterocycles. The monoisotopic (exact) mass is 492 g/mol. The summed E-state index contributed by atoms with van der Waals surface area (Å²) in [4.78, 5) is 16.4. The minimum absolute atomic E-state index is 0.205. The summed E-state index contributed by atoms with van der Waals surface area (Å²) in [7, 11) is 0. The van der Waals surface area contributed by atoms with Gasteiger partial charge in [-0.05, 0) is 41.7 Å². The van der Waals surface area contributed by atoms with Crippen LogP contribution in [0.1, 0.15) is 12.5 Å². The highest BCUT2D eigenvalue weighted by Crippen LogP contribution is 2.32. The van der Waals surface area contributed by atoms with Gasteiger partial charge in [0.15, 0.2) is 0 Å². The lowest BCUT2D eigenvalue weighted by atomic mass is 10.1. The summed E-state index contributed by atoms with van der Waals surface area (Å²) in [5, 5.41) is 11.0. The number of rotatable bonds is 10. The van der Waals surface area contributed by atoms with E-state index in [0.717, 1.165) is 5.56 Å². The molecule has 0 bridgehead atoms. The van der Waals surface area contributed by atoms with Crippen LogP contribution in [-0.4, -0.2) is 51.0 Å². The van der Waals surface area contributed by atoms with E-state index in [1.165, 1.54) is 30.5 Å². The number of fused-ring (bicyclic) bond motifs is 1. The van der Waals surface area contributed by atoms with Gasteiger partial charge in [-0.1, -0.05) is 30.3 Å². The van der Waals surface area contributed by atoms with Crippen LogP contribution in [0.2, 0.25) is 0 Å². The second-order valence-corrected chi connectivity index (χ2v) is 8.38. The third-order valence-electron chi connectivity index (χ3n) is 5.30. The Kier molecular flexibility index (Phi) is 6.83. The van der Waals surface area contributed by atoms with Gasteiger partial charge in [0.2, 0.25) is 0 Å². The highest BCUT2D eigenvalue weighted by Gasteiger charge is 2.41. The number of benzene rings is 2. The van der Waals surface area contributed by atoms with E-state index in [2.05, 4.69) is 14.6 Å². The number of alkyl halides is 3. The zero-order valence-electron chi connectivity index (χ0n) is 18.8. The first-order valence-corrected chi connectivity index (χ1v) is 10.7. The molecular weight excluding hydrogens is 469 g/mol. The molecule has 0 saturated carbocycles. The zero-order valence-corrected chi connectivity index (χ0v) is 18.8. The van der Waals surface area contributed by atoms with Gasteiger partial charge in [0, 0.05) is 24.6 Å². The third-order valence-corrected chi connectivity index (χ3v) is 5.30. The molecule has 0 fully saturated rings. The minimum atomic E-state index is -4.75. The van der Waals surface area contributed by atoms with Gasteiger partial charge in [0.05, 0.1) is 6.54 Å². The molecule has 1 atom stereocenters. The minimum Gasteiger partial charge on any atom is -0.492 e. The number of hydrogen-bond donors (Lipinski definition) is 0. The number of nitro groups is 1. The molecule has 0 spiro atoms. The molecular formula is C23H23F3N4O5. The SMILES string of the molecule is C[C@]1(CN(CCOc2ccc(OC(F)(F)F)cc2)Cc2ccccc2)Cn2cc([N+](=O)[O-])nc2O1. The smallest absolute Gasteiger partial charge is 0.492 e. The first kappa shape index (κ1) is 24.3. The first-order chi connectivity index (χ1) is 16.6. The van der Waals surface area contributed by atoms with Crippen molar-refractivity contribution in [1.82, 2.24) is 14.5 Å². The van der Waals surface area contributed by atoms with E-state index >= 15 is 0 Å². The molecule has 0 N–H and O–H groups in total. The molecule has 0 amide bonds. The van der Waals surface area contributed by atoms with Crippen LogP contribution in [0.3, 0.4) is 0 Å². The van der Waals surface area contributed by atoms with Gasteiger partial charge in [0.25, 0.3) is 0 Å². The normalized spacial score (nSPS) is 17.2. The summed E-state index contributed by atoms with van der Waals surface area (Å²) in [5.74, 6) is -0.169. The predicted octanol–water partition coefficient (Wildman–Crippen LogP) is 4.42. The Morgan fingerprint density at radius 1 is 1.17 bits per heavy atom. The van der Waals surface area contributed by atoms with Crippen molar-refractivity contribution in [3.05, 3.63) is 76.5 Å². The maximum absolute atomic E-state index is 12.3. The molecule has 9 nitrogen and oxygen atoms in total. The van der Waals surface area contributed by atoms with E-state index in [4.69, 9.17) is 9.47 Å². The zero-order chi connectivity index (χ0) is 25.1. The standard InChI is InChI=1S/C23H23F3N4O5/c1-22(16-29-14-20(30(31)32)27-21(29)35-22)15-28(13-17-5-3-2-4-6-17)11-12-33-18-7-9-19(10-8-18)34-23(24,25)26/h2-10,14H,11-13,15-16H2,1H3/t22-/m0/s1. The van der Waals surface area contributed by atoms with Crippen LogP contribution in [-0.2, 0) is 13.1 Å². The lowest BCUT2D eigenvalue weighted by molar-refractivity contribution is -0.389. The van der Waals surface area contributed by atoms with Crippen LogP contribution in [0, 0.1) is 10.1 Å². The van der Waals surface area contributed by atoms with Gasteiger partial charge in [-0.15, -0.1) is 13.2 Å². The van der Waals surface area contributed by atoms with Gasteiger partial charge in [-0.3, -0.25) is 9.47 Å². The molecule has 1 aliphatic rings. The van der Waals surface area contributed by atoms with Gasteiger partial charge in [-0.25, -0.2) is 0 Å². The summed E-state index contributed by atoms with van der Waals surface area (Å²) in [6, 6.07) is 15.2. The molecule has 0 radical (unpaired) electrons. The molecule has 0 unspecified atom stereocenters. The Balaban J connectivity index is 1.38. The van der Waals surface area contributed by atoms with Crippen molar-refractivity contribution in [1.29, 1.82) is 0 Å². The van der Waals surface area contributed by atoms with Gasteiger partial charge < -0.3 is 24.3 Å². The van der Waals surface area contributed by atoms with E-state index in [1.807, 2.05) is 37.3 Å². The van der Waals surface area contributed by atoms with E-state index in [0.29, 0.717) is 31.9 Å². The van der Waals surface area contributed by atoms with E-state index in [1.54, 1.807) is 4.57 Å². The average Bonchev–Trinajstić information content (AvgIpc) is 3.30. The number of ether oxygens (including phenoxy) is 3. The molecule has 0 saturated heterocycles. The van der Waals surface area contributed by atoms with Crippen molar-refractivity contribution in [3.8, 4) is 17.5 Å². The molecule has 0 aliphatic carbocycles. The predicted molar refractivity (Wildman–Crippen MR) is 118 cm³/mol. The van der Waals surface area contributed by atoms with Crippen LogP contribution in [0.25, 0.3) is 0 Å². The van der Waals surface area contributed by atoms with Crippen molar-refractivity contribution in [2.75, 3.05) is 19.7 Å². The summed E-state index contributed by atoms with van der Waals surface area (Å²) in [6.45, 7) is 4.17. The Morgan fingerprint density at radius 3 is 2.49 bits per heavy atom. The van der Waals surface area contributed by atoms with Crippen LogP contribution in [0.5, 0.6) is 17.5 Å². The summed E-state index contributed by atoms with van der Waals surface area (Å²) in [6.07, 6.45) is -3.39. The number of aromatic nitrogens is 2. The van der Waals surface area contributed by atoms with E-state index in [9.17, 15) is 23.3 Å². The summed E-state index contributed by atoms with van der Waals surface area (Å²) < 4.78 is 54.2. The van der Waals surface area contributed by atoms with E-state index < -0.39 is 16.9 Å². The second kappa shape index (κ2) is 9.82. The maximum Gasteiger partial charge on any atom is 0.573 e. The van der Waals surface area contributed by atoms with Gasteiger partial charge >= 0.3 is 18.2 Å². The molecule has 1 aliphatic heterocycles.